The summed E-state index contributed by atoms with van der Waals surface area (Å²) >= 11 is 5.36. The van der Waals surface area contributed by atoms with Crippen molar-refractivity contribution in [1.29, 1.82) is 0 Å². The van der Waals surface area contributed by atoms with Gasteiger partial charge in [-0.05, 0) is 42.4 Å². The van der Waals surface area contributed by atoms with Crippen molar-refractivity contribution < 1.29 is 4.79 Å². The Balaban J connectivity index is 1.32. The van der Waals surface area contributed by atoms with Gasteiger partial charge in [-0.3, -0.25) is 19.3 Å². The standard InChI is InChI=1S/C25H25N5O2S/c1-18-5-4-6-21(15-18)24-27-28-25(33)30(24)14-12-22(31)26-16-19-8-10-20(11-9-19)17-29-13-3-2-7-23(29)32/h2-11,13,15H,12,14,16-17H2,1H3,(H,26,31)(H,28,33). The molecule has 0 fully saturated rings. The Morgan fingerprint density at radius 1 is 1.06 bits per heavy atom. The fraction of sp³-hybridized carbons (Fsp3) is 0.200. The fourth-order valence-electron chi connectivity index (χ4n) is 3.58. The molecule has 0 aliphatic heterocycles. The van der Waals surface area contributed by atoms with Crippen molar-refractivity contribution in [3.63, 3.8) is 0 Å². The molecule has 0 spiro atoms. The molecule has 4 rings (SSSR count). The van der Waals surface area contributed by atoms with Crippen LogP contribution in [0.25, 0.3) is 11.4 Å². The zero-order valence-corrected chi connectivity index (χ0v) is 19.1. The maximum atomic E-state index is 12.4. The minimum atomic E-state index is -0.0618. The van der Waals surface area contributed by atoms with E-state index < -0.39 is 0 Å². The number of pyridine rings is 1. The summed E-state index contributed by atoms with van der Waals surface area (Å²) in [6.45, 7) is 3.42. The highest BCUT2D eigenvalue weighted by Gasteiger charge is 2.11. The SMILES string of the molecule is Cc1cccc(-c2n[nH]c(=S)n2CCC(=O)NCc2ccc(Cn3ccccc3=O)cc2)c1. The zero-order valence-electron chi connectivity index (χ0n) is 18.3. The van der Waals surface area contributed by atoms with Gasteiger partial charge in [-0.25, -0.2) is 0 Å². The molecule has 7 nitrogen and oxygen atoms in total. The van der Waals surface area contributed by atoms with Gasteiger partial charge < -0.3 is 9.88 Å². The van der Waals surface area contributed by atoms with Crippen LogP contribution in [0, 0.1) is 11.7 Å². The largest absolute Gasteiger partial charge is 0.352 e. The van der Waals surface area contributed by atoms with E-state index in [1.165, 1.54) is 0 Å². The van der Waals surface area contributed by atoms with Crippen LogP contribution in [-0.4, -0.2) is 25.2 Å². The number of nitrogens with zero attached hydrogens (tertiary/aromatic N) is 3. The molecular formula is C25H25N5O2S. The van der Waals surface area contributed by atoms with Crippen LogP contribution in [0.5, 0.6) is 0 Å². The topological polar surface area (TPSA) is 84.7 Å². The number of hydrogen-bond acceptors (Lipinski definition) is 4. The van der Waals surface area contributed by atoms with Gasteiger partial charge >= 0.3 is 0 Å². The Morgan fingerprint density at radius 2 is 1.85 bits per heavy atom. The Hall–Kier alpha value is -3.78. The van der Waals surface area contributed by atoms with Gasteiger partial charge in [-0.2, -0.15) is 5.10 Å². The molecule has 0 radical (unpaired) electrons. The lowest BCUT2D eigenvalue weighted by atomic mass is 10.1. The second-order valence-corrected chi connectivity index (χ2v) is 8.27. The van der Waals surface area contributed by atoms with Crippen LogP contribution in [0.2, 0.25) is 0 Å². The monoisotopic (exact) mass is 459 g/mol. The lowest BCUT2D eigenvalue weighted by molar-refractivity contribution is -0.121. The molecule has 2 N–H and O–H groups in total. The highest BCUT2D eigenvalue weighted by atomic mass is 32.1. The van der Waals surface area contributed by atoms with Gasteiger partial charge in [0, 0.05) is 37.3 Å². The minimum Gasteiger partial charge on any atom is -0.352 e. The van der Waals surface area contributed by atoms with Gasteiger partial charge in [0.2, 0.25) is 5.91 Å². The molecular weight excluding hydrogens is 434 g/mol. The van der Waals surface area contributed by atoms with Crippen LogP contribution in [0.4, 0.5) is 0 Å². The summed E-state index contributed by atoms with van der Waals surface area (Å²) in [5.41, 5.74) is 4.08. The summed E-state index contributed by atoms with van der Waals surface area (Å²) in [6, 6.07) is 21.0. The van der Waals surface area contributed by atoms with Crippen molar-refractivity contribution in [2.45, 2.75) is 33.0 Å². The van der Waals surface area contributed by atoms with E-state index in [2.05, 4.69) is 15.5 Å². The molecule has 2 heterocycles. The van der Waals surface area contributed by atoms with E-state index in [0.717, 1.165) is 28.1 Å². The van der Waals surface area contributed by atoms with Gasteiger partial charge in [-0.15, -0.1) is 0 Å². The molecule has 0 saturated heterocycles. The lowest BCUT2D eigenvalue weighted by Gasteiger charge is -2.09. The summed E-state index contributed by atoms with van der Waals surface area (Å²) in [7, 11) is 0. The van der Waals surface area contributed by atoms with Crippen LogP contribution in [0.1, 0.15) is 23.1 Å². The first-order chi connectivity index (χ1) is 16.0. The highest BCUT2D eigenvalue weighted by Crippen LogP contribution is 2.18. The Kier molecular flexibility index (Phi) is 6.95. The van der Waals surface area contributed by atoms with E-state index in [9.17, 15) is 9.59 Å². The van der Waals surface area contributed by atoms with Gasteiger partial charge in [0.05, 0.1) is 6.54 Å². The van der Waals surface area contributed by atoms with E-state index >= 15 is 0 Å². The molecule has 0 aliphatic carbocycles. The predicted octanol–water partition coefficient (Wildman–Crippen LogP) is 3.83. The second kappa shape index (κ2) is 10.2. The molecule has 2 aromatic carbocycles. The molecule has 168 valence electrons. The second-order valence-electron chi connectivity index (χ2n) is 7.88. The first kappa shape index (κ1) is 22.4. The molecule has 0 unspecified atom stereocenters. The van der Waals surface area contributed by atoms with Crippen molar-refractivity contribution in [2.75, 3.05) is 0 Å². The fourth-order valence-corrected chi connectivity index (χ4v) is 3.81. The number of nitrogens with one attached hydrogen (secondary N) is 2. The van der Waals surface area contributed by atoms with Gasteiger partial charge in [0.1, 0.15) is 0 Å². The van der Waals surface area contributed by atoms with E-state index in [4.69, 9.17) is 12.2 Å². The van der Waals surface area contributed by atoms with Gasteiger partial charge in [-0.1, -0.05) is 54.1 Å². The first-order valence-corrected chi connectivity index (χ1v) is 11.1. The van der Waals surface area contributed by atoms with Crippen molar-refractivity contribution in [3.05, 3.63) is 105 Å². The maximum Gasteiger partial charge on any atom is 0.250 e. The van der Waals surface area contributed by atoms with Crippen molar-refractivity contribution in [2.24, 2.45) is 0 Å². The first-order valence-electron chi connectivity index (χ1n) is 10.7. The molecule has 0 bridgehead atoms. The number of benzene rings is 2. The van der Waals surface area contributed by atoms with Crippen LogP contribution in [0.15, 0.2) is 77.7 Å². The number of amides is 1. The van der Waals surface area contributed by atoms with Gasteiger partial charge in [0.25, 0.3) is 5.56 Å². The van der Waals surface area contributed by atoms with E-state index in [1.807, 2.05) is 66.1 Å². The summed E-state index contributed by atoms with van der Waals surface area (Å²) in [6.07, 6.45) is 2.06. The quantitative estimate of drug-likeness (QED) is 0.392. The molecule has 0 aliphatic rings. The molecule has 4 aromatic rings. The zero-order chi connectivity index (χ0) is 23.2. The van der Waals surface area contributed by atoms with Crippen LogP contribution in [0.3, 0.4) is 0 Å². The van der Waals surface area contributed by atoms with E-state index in [1.54, 1.807) is 22.9 Å². The third-order valence-electron chi connectivity index (χ3n) is 5.36. The third-order valence-corrected chi connectivity index (χ3v) is 5.67. The summed E-state index contributed by atoms with van der Waals surface area (Å²) in [4.78, 5) is 24.3. The molecule has 33 heavy (non-hydrogen) atoms. The Morgan fingerprint density at radius 3 is 2.61 bits per heavy atom. The number of carbonyl (C=O) groups is 1. The average Bonchev–Trinajstić information content (AvgIpc) is 3.19. The van der Waals surface area contributed by atoms with Crippen LogP contribution < -0.4 is 10.9 Å². The number of aryl methyl sites for hydroxylation is 1. The Bertz CT molecular complexity index is 1370. The molecule has 1 amide bonds. The van der Waals surface area contributed by atoms with Gasteiger partial charge in [0.15, 0.2) is 10.6 Å². The Labute approximate surface area is 196 Å². The molecule has 0 saturated carbocycles. The number of aromatic amines is 1. The summed E-state index contributed by atoms with van der Waals surface area (Å²) in [5.74, 6) is 0.665. The number of rotatable bonds is 8. The summed E-state index contributed by atoms with van der Waals surface area (Å²) < 4.78 is 4.00. The third kappa shape index (κ3) is 5.72. The van der Waals surface area contributed by atoms with Crippen LogP contribution in [-0.2, 0) is 24.4 Å². The number of aromatic nitrogens is 4. The maximum absolute atomic E-state index is 12.4. The lowest BCUT2D eigenvalue weighted by Crippen LogP contribution is -2.24. The highest BCUT2D eigenvalue weighted by molar-refractivity contribution is 7.71. The normalized spacial score (nSPS) is 10.8. The van der Waals surface area contributed by atoms with Crippen LogP contribution >= 0.6 is 12.2 Å². The van der Waals surface area contributed by atoms with Crippen molar-refractivity contribution in [3.8, 4) is 11.4 Å². The molecule has 8 heteroatoms. The number of H-pyrrole nitrogens is 1. The van der Waals surface area contributed by atoms with E-state index in [0.29, 0.717) is 30.8 Å². The number of hydrogen-bond donors (Lipinski definition) is 2. The summed E-state index contributed by atoms with van der Waals surface area (Å²) in [5, 5.41) is 10.1. The smallest absolute Gasteiger partial charge is 0.250 e. The predicted molar refractivity (Wildman–Crippen MR) is 130 cm³/mol. The number of carbonyl (C=O) groups excluding carboxylic acids is 1. The minimum absolute atomic E-state index is 0.0304. The van der Waals surface area contributed by atoms with Crippen molar-refractivity contribution in [1.82, 2.24) is 24.6 Å². The molecule has 0 atom stereocenters. The molecule has 2 aromatic heterocycles. The van der Waals surface area contributed by atoms with Crippen molar-refractivity contribution >= 4 is 18.1 Å². The average molecular weight is 460 g/mol. The van der Waals surface area contributed by atoms with E-state index in [-0.39, 0.29) is 11.5 Å².